The lowest BCUT2D eigenvalue weighted by molar-refractivity contribution is 0.301. The normalized spacial score (nSPS) is 12.0. The van der Waals surface area contributed by atoms with Crippen LogP contribution in [0, 0.1) is 5.82 Å². The fourth-order valence-corrected chi connectivity index (χ4v) is 4.20. The van der Waals surface area contributed by atoms with Crippen molar-refractivity contribution in [1.82, 2.24) is 24.4 Å². The summed E-state index contributed by atoms with van der Waals surface area (Å²) in [5.74, 6) is -0.254. The summed E-state index contributed by atoms with van der Waals surface area (Å²) in [4.78, 5) is 17.3. The molecule has 0 N–H and O–H groups in total. The smallest absolute Gasteiger partial charge is 0.291 e. The standard InChI is InChI=1S/C23H18FN5O2S/c1-2-10-31-19-9-8-15(11-18(19)24)21-16(13-28(27-21)17-6-4-3-5-7-17)12-20-22(30)29-23(32-20)25-14-26-29/h3-9,11-14H,2,10H2,1H3. The van der Waals surface area contributed by atoms with E-state index in [9.17, 15) is 9.18 Å². The Morgan fingerprint density at radius 1 is 1.19 bits per heavy atom. The van der Waals surface area contributed by atoms with Gasteiger partial charge in [0.2, 0.25) is 4.96 Å². The number of benzene rings is 2. The van der Waals surface area contributed by atoms with E-state index in [-0.39, 0.29) is 11.3 Å². The summed E-state index contributed by atoms with van der Waals surface area (Å²) < 4.78 is 23.6. The summed E-state index contributed by atoms with van der Waals surface area (Å²) in [5.41, 5.74) is 2.40. The highest BCUT2D eigenvalue weighted by atomic mass is 32.1. The molecular formula is C23H18FN5O2S. The molecule has 3 aromatic heterocycles. The van der Waals surface area contributed by atoms with E-state index in [4.69, 9.17) is 9.84 Å². The van der Waals surface area contributed by atoms with Crippen molar-refractivity contribution < 1.29 is 9.13 Å². The monoisotopic (exact) mass is 447 g/mol. The lowest BCUT2D eigenvalue weighted by Crippen LogP contribution is -2.23. The van der Waals surface area contributed by atoms with Crippen LogP contribution in [0.25, 0.3) is 28.0 Å². The van der Waals surface area contributed by atoms with Crippen molar-refractivity contribution >= 4 is 22.4 Å². The first-order valence-electron chi connectivity index (χ1n) is 10.1. The lowest BCUT2D eigenvalue weighted by Gasteiger charge is -2.07. The number of halogens is 1. The van der Waals surface area contributed by atoms with E-state index >= 15 is 0 Å². The highest BCUT2D eigenvalue weighted by molar-refractivity contribution is 7.15. The number of hydrogen-bond donors (Lipinski definition) is 0. The first kappa shape index (κ1) is 20.1. The molecule has 7 nitrogen and oxygen atoms in total. The number of nitrogens with zero attached hydrogens (tertiary/aromatic N) is 5. The molecule has 0 bridgehead atoms. The van der Waals surface area contributed by atoms with Crippen LogP contribution in [0.15, 0.2) is 65.8 Å². The fourth-order valence-electron chi connectivity index (χ4n) is 3.33. The Balaban J connectivity index is 1.66. The highest BCUT2D eigenvalue weighted by Gasteiger charge is 2.15. The molecule has 160 valence electrons. The molecule has 0 amide bonds. The third-order valence-electron chi connectivity index (χ3n) is 4.84. The summed E-state index contributed by atoms with van der Waals surface area (Å²) in [6, 6.07) is 14.4. The number of para-hydroxylation sites is 1. The zero-order valence-electron chi connectivity index (χ0n) is 17.1. The van der Waals surface area contributed by atoms with Gasteiger partial charge in [0.05, 0.1) is 16.8 Å². The molecule has 0 radical (unpaired) electrons. The summed E-state index contributed by atoms with van der Waals surface area (Å²) in [6.45, 7) is 2.41. The van der Waals surface area contributed by atoms with Crippen LogP contribution in [0.4, 0.5) is 4.39 Å². The second kappa shape index (κ2) is 8.35. The quantitative estimate of drug-likeness (QED) is 0.398. The first-order valence-corrected chi connectivity index (χ1v) is 10.9. The van der Waals surface area contributed by atoms with Crippen LogP contribution in [0.1, 0.15) is 18.9 Å². The Hall–Kier alpha value is -3.85. The van der Waals surface area contributed by atoms with Crippen molar-refractivity contribution in [3.8, 4) is 22.7 Å². The molecule has 0 unspecified atom stereocenters. The predicted octanol–water partition coefficient (Wildman–Crippen LogP) is 3.48. The molecule has 3 heterocycles. The van der Waals surface area contributed by atoms with Gasteiger partial charge >= 0.3 is 0 Å². The maximum absolute atomic E-state index is 14.7. The second-order valence-corrected chi connectivity index (χ2v) is 8.09. The molecule has 0 aliphatic carbocycles. The van der Waals surface area contributed by atoms with Crippen LogP contribution >= 0.6 is 11.3 Å². The Labute approximate surface area is 186 Å². The van der Waals surface area contributed by atoms with Gasteiger partial charge in [0.25, 0.3) is 5.56 Å². The largest absolute Gasteiger partial charge is 0.491 e. The van der Waals surface area contributed by atoms with Crippen LogP contribution in [-0.4, -0.2) is 31.0 Å². The van der Waals surface area contributed by atoms with E-state index in [1.807, 2.05) is 43.5 Å². The van der Waals surface area contributed by atoms with Gasteiger partial charge in [-0.2, -0.15) is 14.7 Å². The van der Waals surface area contributed by atoms with Gasteiger partial charge in [-0.25, -0.2) is 14.1 Å². The SMILES string of the molecule is CCCOc1ccc(-c2nn(-c3ccccc3)cc2C=c2sc3ncnn3c2=O)cc1F. The Morgan fingerprint density at radius 2 is 2.03 bits per heavy atom. The van der Waals surface area contributed by atoms with Crippen LogP contribution in [-0.2, 0) is 0 Å². The number of ether oxygens (including phenoxy) is 1. The van der Waals surface area contributed by atoms with E-state index in [2.05, 4.69) is 10.1 Å². The van der Waals surface area contributed by atoms with Crippen molar-refractivity contribution in [2.45, 2.75) is 13.3 Å². The van der Waals surface area contributed by atoms with Gasteiger partial charge in [-0.1, -0.05) is 36.5 Å². The van der Waals surface area contributed by atoms with Crippen LogP contribution in [0.3, 0.4) is 0 Å². The van der Waals surface area contributed by atoms with Crippen LogP contribution in [0.5, 0.6) is 5.75 Å². The van der Waals surface area contributed by atoms with Gasteiger partial charge in [-0.05, 0) is 42.8 Å². The molecule has 5 rings (SSSR count). The lowest BCUT2D eigenvalue weighted by atomic mass is 10.1. The van der Waals surface area contributed by atoms with Gasteiger partial charge in [0.15, 0.2) is 11.6 Å². The van der Waals surface area contributed by atoms with E-state index in [1.165, 1.54) is 28.2 Å². The van der Waals surface area contributed by atoms with Crippen molar-refractivity contribution in [3.05, 3.63) is 87.3 Å². The Morgan fingerprint density at radius 3 is 2.78 bits per heavy atom. The zero-order valence-corrected chi connectivity index (χ0v) is 17.9. The van der Waals surface area contributed by atoms with Crippen LogP contribution < -0.4 is 14.8 Å². The molecule has 32 heavy (non-hydrogen) atoms. The van der Waals surface area contributed by atoms with Crippen molar-refractivity contribution in [1.29, 1.82) is 0 Å². The second-order valence-electron chi connectivity index (χ2n) is 7.08. The molecule has 0 fully saturated rings. The van der Waals surface area contributed by atoms with Gasteiger partial charge in [0, 0.05) is 17.3 Å². The van der Waals surface area contributed by atoms with Gasteiger partial charge < -0.3 is 4.74 Å². The number of rotatable bonds is 6. The number of fused-ring (bicyclic) bond motifs is 1. The van der Waals surface area contributed by atoms with Crippen molar-refractivity contribution in [2.75, 3.05) is 6.61 Å². The third kappa shape index (κ3) is 3.67. The third-order valence-corrected chi connectivity index (χ3v) is 5.81. The number of hydrogen-bond acceptors (Lipinski definition) is 6. The minimum atomic E-state index is -0.459. The van der Waals surface area contributed by atoms with Crippen molar-refractivity contribution in [3.63, 3.8) is 0 Å². The summed E-state index contributed by atoms with van der Waals surface area (Å²) in [5, 5.41) is 8.65. The minimum Gasteiger partial charge on any atom is -0.491 e. The van der Waals surface area contributed by atoms with E-state index in [0.717, 1.165) is 12.1 Å². The molecule has 0 spiro atoms. The van der Waals surface area contributed by atoms with E-state index < -0.39 is 5.82 Å². The van der Waals surface area contributed by atoms with Gasteiger partial charge in [-0.3, -0.25) is 4.79 Å². The Bertz CT molecular complexity index is 1510. The molecule has 0 saturated heterocycles. The molecule has 0 aliphatic rings. The van der Waals surface area contributed by atoms with Crippen LogP contribution in [0.2, 0.25) is 0 Å². The fraction of sp³-hybridized carbons (Fsp3) is 0.130. The summed E-state index contributed by atoms with van der Waals surface area (Å²) in [7, 11) is 0. The average molecular weight is 447 g/mol. The first-order chi connectivity index (χ1) is 15.6. The molecule has 0 atom stereocenters. The van der Waals surface area contributed by atoms with Gasteiger partial charge in [-0.15, -0.1) is 0 Å². The maximum atomic E-state index is 14.7. The van der Waals surface area contributed by atoms with Gasteiger partial charge in [0.1, 0.15) is 12.0 Å². The molecule has 2 aromatic carbocycles. The molecule has 0 aliphatic heterocycles. The zero-order chi connectivity index (χ0) is 22.1. The van der Waals surface area contributed by atoms with E-state index in [0.29, 0.717) is 32.9 Å². The minimum absolute atomic E-state index is 0.205. The topological polar surface area (TPSA) is 74.3 Å². The molecule has 0 saturated carbocycles. The average Bonchev–Trinajstić information content (AvgIpc) is 3.51. The highest BCUT2D eigenvalue weighted by Crippen LogP contribution is 2.28. The molecular weight excluding hydrogens is 429 g/mol. The predicted molar refractivity (Wildman–Crippen MR) is 121 cm³/mol. The molecule has 5 aromatic rings. The summed E-state index contributed by atoms with van der Waals surface area (Å²) >= 11 is 1.24. The van der Waals surface area contributed by atoms with E-state index in [1.54, 1.807) is 22.9 Å². The molecule has 9 heteroatoms. The summed E-state index contributed by atoms with van der Waals surface area (Å²) in [6.07, 6.45) is 5.70. The number of thiazole rings is 1. The van der Waals surface area contributed by atoms with Crippen molar-refractivity contribution in [2.24, 2.45) is 0 Å². The number of aromatic nitrogens is 5. The Kier molecular flexibility index (Phi) is 5.24. The maximum Gasteiger partial charge on any atom is 0.291 e.